The van der Waals surface area contributed by atoms with Crippen LogP contribution in [-0.2, 0) is 0 Å². The van der Waals surface area contributed by atoms with E-state index in [4.69, 9.17) is 0 Å². The standard InChI is InChI=1S/C17H29N3/c1-14(2)9-10-18-13-15(3)20-12-11-19(4)16-7-5-6-8-17(16)20/h5-8,14-15,18H,9-13H2,1-4H3. The minimum Gasteiger partial charge on any atom is -0.371 e. The molecule has 0 bridgehead atoms. The summed E-state index contributed by atoms with van der Waals surface area (Å²) in [4.78, 5) is 4.89. The number of benzene rings is 1. The summed E-state index contributed by atoms with van der Waals surface area (Å²) in [5, 5.41) is 3.60. The molecule has 0 aliphatic carbocycles. The van der Waals surface area contributed by atoms with Gasteiger partial charge in [0.25, 0.3) is 0 Å². The molecule has 0 spiro atoms. The van der Waals surface area contributed by atoms with Gasteiger partial charge in [-0.15, -0.1) is 0 Å². The lowest BCUT2D eigenvalue weighted by Gasteiger charge is -2.40. The van der Waals surface area contributed by atoms with Gasteiger partial charge in [-0.3, -0.25) is 0 Å². The molecule has 1 atom stereocenters. The molecule has 1 heterocycles. The smallest absolute Gasteiger partial charge is 0.0607 e. The van der Waals surface area contributed by atoms with Crippen LogP contribution in [0.5, 0.6) is 0 Å². The molecule has 0 aromatic heterocycles. The number of hydrogen-bond donors (Lipinski definition) is 1. The number of hydrogen-bond acceptors (Lipinski definition) is 3. The molecular formula is C17H29N3. The second-order valence-corrected chi connectivity index (χ2v) is 6.34. The SMILES string of the molecule is CC(C)CCNCC(C)N1CCN(C)c2ccccc21. The van der Waals surface area contributed by atoms with Crippen molar-refractivity contribution in [2.45, 2.75) is 33.2 Å². The minimum atomic E-state index is 0.539. The summed E-state index contributed by atoms with van der Waals surface area (Å²) < 4.78 is 0. The summed E-state index contributed by atoms with van der Waals surface area (Å²) in [6.45, 7) is 11.3. The Labute approximate surface area is 124 Å². The highest BCUT2D eigenvalue weighted by Crippen LogP contribution is 2.32. The van der Waals surface area contributed by atoms with Crippen molar-refractivity contribution in [2.24, 2.45) is 5.92 Å². The van der Waals surface area contributed by atoms with Crippen LogP contribution in [-0.4, -0.2) is 39.3 Å². The topological polar surface area (TPSA) is 18.5 Å². The van der Waals surface area contributed by atoms with Crippen LogP contribution in [0.25, 0.3) is 0 Å². The zero-order valence-corrected chi connectivity index (χ0v) is 13.4. The van der Waals surface area contributed by atoms with Crippen molar-refractivity contribution in [3.8, 4) is 0 Å². The Balaban J connectivity index is 1.94. The summed E-state index contributed by atoms with van der Waals surface area (Å²) in [7, 11) is 2.18. The van der Waals surface area contributed by atoms with Gasteiger partial charge in [-0.1, -0.05) is 26.0 Å². The van der Waals surface area contributed by atoms with Crippen molar-refractivity contribution in [1.29, 1.82) is 0 Å². The molecule has 0 radical (unpaired) electrons. The van der Waals surface area contributed by atoms with Crippen molar-refractivity contribution < 1.29 is 0 Å². The van der Waals surface area contributed by atoms with Crippen LogP contribution in [0.15, 0.2) is 24.3 Å². The van der Waals surface area contributed by atoms with Crippen LogP contribution >= 0.6 is 0 Å². The zero-order valence-electron chi connectivity index (χ0n) is 13.4. The Morgan fingerprint density at radius 1 is 1.10 bits per heavy atom. The van der Waals surface area contributed by atoms with E-state index in [1.807, 2.05) is 0 Å². The van der Waals surface area contributed by atoms with E-state index in [2.05, 4.69) is 67.2 Å². The predicted molar refractivity (Wildman–Crippen MR) is 88.8 cm³/mol. The zero-order chi connectivity index (χ0) is 14.5. The molecule has 3 heteroatoms. The average molecular weight is 275 g/mol. The van der Waals surface area contributed by atoms with Crippen molar-refractivity contribution in [1.82, 2.24) is 5.32 Å². The van der Waals surface area contributed by atoms with E-state index < -0.39 is 0 Å². The first-order valence-electron chi connectivity index (χ1n) is 7.87. The van der Waals surface area contributed by atoms with Crippen LogP contribution in [0.1, 0.15) is 27.2 Å². The van der Waals surface area contributed by atoms with Crippen LogP contribution in [0.2, 0.25) is 0 Å². The van der Waals surface area contributed by atoms with Gasteiger partial charge in [-0.05, 0) is 37.9 Å². The molecular weight excluding hydrogens is 246 g/mol. The molecule has 112 valence electrons. The van der Waals surface area contributed by atoms with Crippen molar-refractivity contribution in [3.05, 3.63) is 24.3 Å². The fourth-order valence-electron chi connectivity index (χ4n) is 2.80. The van der Waals surface area contributed by atoms with Gasteiger partial charge in [0.1, 0.15) is 0 Å². The maximum atomic E-state index is 3.60. The van der Waals surface area contributed by atoms with Crippen LogP contribution in [0, 0.1) is 5.92 Å². The second kappa shape index (κ2) is 6.98. The lowest BCUT2D eigenvalue weighted by molar-refractivity contribution is 0.504. The largest absolute Gasteiger partial charge is 0.371 e. The Hall–Kier alpha value is -1.22. The fourth-order valence-corrected chi connectivity index (χ4v) is 2.80. The quantitative estimate of drug-likeness (QED) is 0.805. The molecule has 0 fully saturated rings. The van der Waals surface area contributed by atoms with Crippen LogP contribution in [0.3, 0.4) is 0 Å². The fraction of sp³-hybridized carbons (Fsp3) is 0.647. The van der Waals surface area contributed by atoms with E-state index in [0.717, 1.165) is 32.1 Å². The van der Waals surface area contributed by atoms with Crippen molar-refractivity contribution in [2.75, 3.05) is 43.0 Å². The molecule has 3 nitrogen and oxygen atoms in total. The third-order valence-electron chi connectivity index (χ3n) is 4.15. The molecule has 2 rings (SSSR count). The number of nitrogens with zero attached hydrogens (tertiary/aromatic N) is 2. The summed E-state index contributed by atoms with van der Waals surface area (Å²) in [6, 6.07) is 9.28. The number of fused-ring (bicyclic) bond motifs is 1. The molecule has 0 amide bonds. The van der Waals surface area contributed by atoms with E-state index in [-0.39, 0.29) is 0 Å². The van der Waals surface area contributed by atoms with Gasteiger partial charge >= 0.3 is 0 Å². The number of rotatable bonds is 6. The minimum absolute atomic E-state index is 0.539. The van der Waals surface area contributed by atoms with Gasteiger partial charge in [-0.25, -0.2) is 0 Å². The number of likely N-dealkylation sites (N-methyl/N-ethyl adjacent to an activating group) is 1. The normalized spacial score (nSPS) is 16.4. The van der Waals surface area contributed by atoms with Gasteiger partial charge < -0.3 is 15.1 Å². The van der Waals surface area contributed by atoms with E-state index in [1.54, 1.807) is 0 Å². The maximum absolute atomic E-state index is 3.60. The first-order chi connectivity index (χ1) is 9.59. The summed E-state index contributed by atoms with van der Waals surface area (Å²) >= 11 is 0. The Bertz CT molecular complexity index is 416. The predicted octanol–water partition coefficient (Wildman–Crippen LogP) is 2.97. The number of anilines is 2. The molecule has 1 unspecified atom stereocenters. The molecule has 0 saturated heterocycles. The lowest BCUT2D eigenvalue weighted by Crippen LogP contribution is -2.47. The third-order valence-corrected chi connectivity index (χ3v) is 4.15. The average Bonchev–Trinajstić information content (AvgIpc) is 2.44. The molecule has 0 saturated carbocycles. The summed E-state index contributed by atoms with van der Waals surface area (Å²) in [5.41, 5.74) is 2.73. The maximum Gasteiger partial charge on any atom is 0.0607 e. The van der Waals surface area contributed by atoms with Gasteiger partial charge in [0.15, 0.2) is 0 Å². The lowest BCUT2D eigenvalue weighted by atomic mass is 10.1. The van der Waals surface area contributed by atoms with Gasteiger partial charge in [-0.2, -0.15) is 0 Å². The molecule has 1 aromatic rings. The van der Waals surface area contributed by atoms with Gasteiger partial charge in [0.2, 0.25) is 0 Å². The highest BCUT2D eigenvalue weighted by Gasteiger charge is 2.23. The number of para-hydroxylation sites is 2. The molecule has 1 N–H and O–H groups in total. The van der Waals surface area contributed by atoms with E-state index >= 15 is 0 Å². The first kappa shape index (κ1) is 15.2. The van der Waals surface area contributed by atoms with Gasteiger partial charge in [0.05, 0.1) is 11.4 Å². The Morgan fingerprint density at radius 3 is 2.50 bits per heavy atom. The summed E-state index contributed by atoms with van der Waals surface area (Å²) in [6.07, 6.45) is 1.26. The third kappa shape index (κ3) is 3.66. The monoisotopic (exact) mass is 275 g/mol. The Kier molecular flexibility index (Phi) is 5.30. The number of nitrogens with one attached hydrogen (secondary N) is 1. The second-order valence-electron chi connectivity index (χ2n) is 6.34. The highest BCUT2D eigenvalue weighted by molar-refractivity contribution is 5.73. The summed E-state index contributed by atoms with van der Waals surface area (Å²) in [5.74, 6) is 0.780. The molecule has 1 aliphatic heterocycles. The van der Waals surface area contributed by atoms with E-state index in [9.17, 15) is 0 Å². The van der Waals surface area contributed by atoms with E-state index in [0.29, 0.717) is 6.04 Å². The first-order valence-corrected chi connectivity index (χ1v) is 7.87. The van der Waals surface area contributed by atoms with E-state index in [1.165, 1.54) is 17.8 Å². The molecule has 20 heavy (non-hydrogen) atoms. The Morgan fingerprint density at radius 2 is 1.80 bits per heavy atom. The highest BCUT2D eigenvalue weighted by atomic mass is 15.3. The van der Waals surface area contributed by atoms with Crippen LogP contribution in [0.4, 0.5) is 11.4 Å². The molecule has 1 aliphatic rings. The molecule has 1 aromatic carbocycles. The van der Waals surface area contributed by atoms with Crippen LogP contribution < -0.4 is 15.1 Å². The van der Waals surface area contributed by atoms with Gasteiger partial charge in [0, 0.05) is 32.7 Å². The van der Waals surface area contributed by atoms with Crippen molar-refractivity contribution in [3.63, 3.8) is 0 Å². The van der Waals surface area contributed by atoms with Crippen molar-refractivity contribution >= 4 is 11.4 Å².